The fraction of sp³-hybridized carbons (Fsp3) is 0.400. The zero-order chi connectivity index (χ0) is 17.0. The van der Waals surface area contributed by atoms with Gasteiger partial charge in [0.05, 0.1) is 11.3 Å². The number of hydrogen-bond acceptors (Lipinski definition) is 3. The predicted octanol–water partition coefficient (Wildman–Crippen LogP) is 2.03. The summed E-state index contributed by atoms with van der Waals surface area (Å²) < 4.78 is 38.0. The maximum Gasteiger partial charge on any atom is 0.246 e. The smallest absolute Gasteiger partial charge is 0.246 e. The molecule has 23 heavy (non-hydrogen) atoms. The molecule has 8 heteroatoms. The number of halogens is 2. The first kappa shape index (κ1) is 17.9. The molecule has 0 atom stereocenters. The Bertz CT molecular complexity index is 713. The molecule has 1 saturated heterocycles. The van der Waals surface area contributed by atoms with Gasteiger partial charge in [-0.3, -0.25) is 4.79 Å². The van der Waals surface area contributed by atoms with E-state index in [4.69, 9.17) is 11.6 Å². The Morgan fingerprint density at radius 1 is 1.39 bits per heavy atom. The van der Waals surface area contributed by atoms with Gasteiger partial charge >= 0.3 is 0 Å². The van der Waals surface area contributed by atoms with Crippen LogP contribution in [0.5, 0.6) is 0 Å². The van der Waals surface area contributed by atoms with Gasteiger partial charge in [0.2, 0.25) is 15.9 Å². The molecule has 0 aliphatic carbocycles. The summed E-state index contributed by atoms with van der Waals surface area (Å²) in [6.45, 7) is 0.973. The molecule has 1 aromatic rings. The van der Waals surface area contributed by atoms with Crippen LogP contribution < -0.4 is 4.72 Å². The Hall–Kier alpha value is -1.44. The highest BCUT2D eigenvalue weighted by Crippen LogP contribution is 2.17. The highest BCUT2D eigenvalue weighted by Gasteiger charge is 2.23. The van der Waals surface area contributed by atoms with Crippen LogP contribution in [0.3, 0.4) is 0 Å². The molecule has 5 nitrogen and oxygen atoms in total. The number of benzene rings is 1. The second kappa shape index (κ2) is 7.42. The second-order valence-corrected chi connectivity index (χ2v) is 7.68. The Labute approximate surface area is 140 Å². The summed E-state index contributed by atoms with van der Waals surface area (Å²) in [7, 11) is -3.23. The third-order valence-corrected chi connectivity index (χ3v) is 4.60. The van der Waals surface area contributed by atoms with E-state index in [2.05, 4.69) is 4.72 Å². The average molecular weight is 361 g/mol. The first-order valence-electron chi connectivity index (χ1n) is 7.14. The minimum absolute atomic E-state index is 0.00672. The van der Waals surface area contributed by atoms with Gasteiger partial charge in [0.25, 0.3) is 0 Å². The molecular weight excluding hydrogens is 343 g/mol. The Balaban J connectivity index is 1.89. The van der Waals surface area contributed by atoms with Crippen molar-refractivity contribution in [3.63, 3.8) is 0 Å². The highest BCUT2D eigenvalue weighted by molar-refractivity contribution is 7.88. The van der Waals surface area contributed by atoms with E-state index in [0.717, 1.165) is 6.26 Å². The molecular formula is C15H18ClFN2O3S. The van der Waals surface area contributed by atoms with Gasteiger partial charge in [0, 0.05) is 25.2 Å². The number of carbonyl (C=O) groups is 1. The van der Waals surface area contributed by atoms with Crippen molar-refractivity contribution in [3.05, 3.63) is 40.7 Å². The van der Waals surface area contributed by atoms with Crippen molar-refractivity contribution in [2.24, 2.45) is 0 Å². The van der Waals surface area contributed by atoms with Gasteiger partial charge in [-0.1, -0.05) is 17.7 Å². The van der Waals surface area contributed by atoms with Gasteiger partial charge in [-0.05, 0) is 36.6 Å². The van der Waals surface area contributed by atoms with Crippen LogP contribution in [0.2, 0.25) is 5.02 Å². The van der Waals surface area contributed by atoms with E-state index in [1.54, 1.807) is 11.0 Å². The van der Waals surface area contributed by atoms with Crippen LogP contribution in [0.15, 0.2) is 24.3 Å². The molecule has 0 spiro atoms. The minimum Gasteiger partial charge on any atom is -0.339 e. The van der Waals surface area contributed by atoms with E-state index in [1.807, 2.05) is 0 Å². The molecule has 1 heterocycles. The summed E-state index contributed by atoms with van der Waals surface area (Å²) in [5.41, 5.74) is 0.637. The Kier molecular flexibility index (Phi) is 5.78. The van der Waals surface area contributed by atoms with E-state index in [1.165, 1.54) is 24.3 Å². The fourth-order valence-electron chi connectivity index (χ4n) is 2.41. The van der Waals surface area contributed by atoms with Gasteiger partial charge in [-0.25, -0.2) is 17.5 Å². The number of nitrogens with one attached hydrogen (secondary N) is 1. The van der Waals surface area contributed by atoms with E-state index < -0.39 is 15.8 Å². The molecule has 1 amide bonds. The zero-order valence-electron chi connectivity index (χ0n) is 12.6. The number of piperidine rings is 1. The largest absolute Gasteiger partial charge is 0.339 e. The molecule has 0 aromatic heterocycles. The average Bonchev–Trinajstić information content (AvgIpc) is 2.47. The number of rotatable bonds is 4. The molecule has 1 aliphatic heterocycles. The van der Waals surface area contributed by atoms with Crippen LogP contribution >= 0.6 is 11.6 Å². The van der Waals surface area contributed by atoms with Gasteiger partial charge < -0.3 is 4.90 Å². The maximum absolute atomic E-state index is 13.1. The lowest BCUT2D eigenvalue weighted by atomic mass is 10.1. The van der Waals surface area contributed by atoms with Crippen LogP contribution in [0.1, 0.15) is 18.4 Å². The third kappa shape index (κ3) is 5.60. The van der Waals surface area contributed by atoms with Crippen molar-refractivity contribution in [1.29, 1.82) is 0 Å². The lowest BCUT2D eigenvalue weighted by Gasteiger charge is -2.31. The molecule has 0 radical (unpaired) electrons. The fourth-order valence-corrected chi connectivity index (χ4v) is 3.44. The normalized spacial score (nSPS) is 16.9. The molecule has 0 bridgehead atoms. The van der Waals surface area contributed by atoms with Crippen LogP contribution in [-0.2, 0) is 14.8 Å². The molecule has 1 N–H and O–H groups in total. The number of carbonyl (C=O) groups excluding carboxylic acids is 1. The number of likely N-dealkylation sites (tertiary alicyclic amines) is 1. The molecule has 0 saturated carbocycles. The monoisotopic (exact) mass is 360 g/mol. The first-order chi connectivity index (χ1) is 10.7. The Morgan fingerprint density at radius 3 is 2.61 bits per heavy atom. The zero-order valence-corrected chi connectivity index (χ0v) is 14.2. The van der Waals surface area contributed by atoms with Crippen molar-refractivity contribution < 1.29 is 17.6 Å². The van der Waals surface area contributed by atoms with Gasteiger partial charge in [-0.15, -0.1) is 0 Å². The van der Waals surface area contributed by atoms with Crippen molar-refractivity contribution in [2.75, 3.05) is 19.3 Å². The van der Waals surface area contributed by atoms with E-state index in [0.29, 0.717) is 31.5 Å². The molecule has 0 unspecified atom stereocenters. The van der Waals surface area contributed by atoms with Crippen molar-refractivity contribution in [1.82, 2.24) is 9.62 Å². The first-order valence-corrected chi connectivity index (χ1v) is 9.41. The summed E-state index contributed by atoms with van der Waals surface area (Å²) >= 11 is 5.69. The Morgan fingerprint density at radius 2 is 2.04 bits per heavy atom. The maximum atomic E-state index is 13.1. The lowest BCUT2D eigenvalue weighted by molar-refractivity contribution is -0.126. The summed E-state index contributed by atoms with van der Waals surface area (Å²) in [5.74, 6) is -0.668. The molecule has 126 valence electrons. The van der Waals surface area contributed by atoms with Gasteiger partial charge in [0.15, 0.2) is 0 Å². The summed E-state index contributed by atoms with van der Waals surface area (Å²) in [6.07, 6.45) is 5.27. The van der Waals surface area contributed by atoms with Crippen molar-refractivity contribution in [3.8, 4) is 0 Å². The summed E-state index contributed by atoms with van der Waals surface area (Å²) in [6, 6.07) is 4.10. The van der Waals surface area contributed by atoms with Crippen LogP contribution in [-0.4, -0.2) is 44.6 Å². The number of hydrogen-bond donors (Lipinski definition) is 1. The van der Waals surface area contributed by atoms with Crippen LogP contribution in [0, 0.1) is 5.82 Å². The standard InChI is InChI=1S/C15H18ClFN2O3S/c1-23(21,22)18-12-6-8-19(9-7-12)15(20)5-3-11-2-4-14(17)13(16)10-11/h2-5,10,12,18H,6-9H2,1H3. The van der Waals surface area contributed by atoms with Crippen molar-refractivity contribution >= 4 is 33.6 Å². The molecule has 1 aromatic carbocycles. The summed E-state index contributed by atoms with van der Waals surface area (Å²) in [4.78, 5) is 13.8. The predicted molar refractivity (Wildman–Crippen MR) is 88.0 cm³/mol. The third-order valence-electron chi connectivity index (χ3n) is 3.55. The van der Waals surface area contributed by atoms with E-state index in [-0.39, 0.29) is 17.0 Å². The SMILES string of the molecule is CS(=O)(=O)NC1CCN(C(=O)C=Cc2ccc(F)c(Cl)c2)CC1. The molecule has 1 fully saturated rings. The minimum atomic E-state index is -3.23. The van der Waals surface area contributed by atoms with Crippen LogP contribution in [0.25, 0.3) is 6.08 Å². The van der Waals surface area contributed by atoms with E-state index >= 15 is 0 Å². The van der Waals surface area contributed by atoms with Gasteiger partial charge in [0.1, 0.15) is 5.82 Å². The second-order valence-electron chi connectivity index (χ2n) is 5.50. The number of nitrogens with zero attached hydrogens (tertiary/aromatic N) is 1. The topological polar surface area (TPSA) is 66.5 Å². The van der Waals surface area contributed by atoms with E-state index in [9.17, 15) is 17.6 Å². The van der Waals surface area contributed by atoms with Crippen LogP contribution in [0.4, 0.5) is 4.39 Å². The van der Waals surface area contributed by atoms with Gasteiger partial charge in [-0.2, -0.15) is 0 Å². The summed E-state index contributed by atoms with van der Waals surface area (Å²) in [5, 5.41) is 0.00672. The molecule has 1 aliphatic rings. The molecule has 2 rings (SSSR count). The van der Waals surface area contributed by atoms with Crippen molar-refractivity contribution in [2.45, 2.75) is 18.9 Å². The number of sulfonamides is 1. The number of amides is 1. The quantitative estimate of drug-likeness (QED) is 0.835. The lowest BCUT2D eigenvalue weighted by Crippen LogP contribution is -2.45. The highest BCUT2D eigenvalue weighted by atomic mass is 35.5.